The molecule has 0 spiro atoms. The fourth-order valence-corrected chi connectivity index (χ4v) is 6.79. The second-order valence-electron chi connectivity index (χ2n) is 16.7. The molecule has 0 amide bonds. The summed E-state index contributed by atoms with van der Waals surface area (Å²) in [6.45, 7) is 4.72. The van der Waals surface area contributed by atoms with Gasteiger partial charge in [-0.25, -0.2) is 4.79 Å². The number of hydrogen-bond acceptors (Lipinski definition) is 6. The van der Waals surface area contributed by atoms with Crippen molar-refractivity contribution < 1.29 is 38.2 Å². The van der Waals surface area contributed by atoms with Gasteiger partial charge < -0.3 is 23.8 Å². The highest BCUT2D eigenvalue weighted by atomic mass is 16.6. The van der Waals surface area contributed by atoms with Gasteiger partial charge in [0.25, 0.3) is 0 Å². The topological polar surface area (TPSA) is 99.1 Å². The van der Waals surface area contributed by atoms with Crippen LogP contribution in [0.15, 0.2) is 24.3 Å². The zero-order valence-corrected chi connectivity index (χ0v) is 36.6. The molecule has 0 heterocycles. The van der Waals surface area contributed by atoms with Crippen LogP contribution in [0.3, 0.4) is 0 Å². The van der Waals surface area contributed by atoms with Crippen molar-refractivity contribution >= 4 is 17.9 Å². The first kappa shape index (κ1) is 52.8. The quantitative estimate of drug-likeness (QED) is 0.0285. The van der Waals surface area contributed by atoms with E-state index in [0.29, 0.717) is 19.3 Å². The molecule has 2 unspecified atom stereocenters. The summed E-state index contributed by atoms with van der Waals surface area (Å²) in [5.74, 6) is -1.49. The minimum Gasteiger partial charge on any atom is -0.477 e. The number of carboxylic acids is 1. The first-order valence-electron chi connectivity index (χ1n) is 22.9. The van der Waals surface area contributed by atoms with E-state index in [9.17, 15) is 19.5 Å². The first-order chi connectivity index (χ1) is 26.6. The van der Waals surface area contributed by atoms with Crippen molar-refractivity contribution in [1.29, 1.82) is 0 Å². The second kappa shape index (κ2) is 38.7. The number of allylic oxidation sites excluding steroid dienone is 4. The predicted molar refractivity (Wildman–Crippen MR) is 229 cm³/mol. The summed E-state index contributed by atoms with van der Waals surface area (Å²) >= 11 is 0. The summed E-state index contributed by atoms with van der Waals surface area (Å²) in [6, 6.07) is -0.615. The van der Waals surface area contributed by atoms with Crippen molar-refractivity contribution in [3.05, 3.63) is 24.3 Å². The van der Waals surface area contributed by atoms with Crippen LogP contribution in [-0.2, 0) is 28.6 Å². The van der Waals surface area contributed by atoms with Crippen molar-refractivity contribution in [3.8, 4) is 0 Å². The van der Waals surface area contributed by atoms with Gasteiger partial charge in [-0.05, 0) is 38.5 Å². The summed E-state index contributed by atoms with van der Waals surface area (Å²) in [5.41, 5.74) is 0. The molecular formula is C47H88NO7+. The molecule has 0 radical (unpaired) electrons. The largest absolute Gasteiger partial charge is 0.477 e. The molecule has 0 aromatic heterocycles. The van der Waals surface area contributed by atoms with Crippen LogP contribution in [0.25, 0.3) is 0 Å². The molecule has 8 heteroatoms. The van der Waals surface area contributed by atoms with Gasteiger partial charge in [0.2, 0.25) is 0 Å². The van der Waals surface area contributed by atoms with E-state index >= 15 is 0 Å². The van der Waals surface area contributed by atoms with E-state index in [4.69, 9.17) is 14.2 Å². The predicted octanol–water partition coefficient (Wildman–Crippen LogP) is 12.5. The molecule has 8 nitrogen and oxygen atoms in total. The number of ether oxygens (including phenoxy) is 3. The number of rotatable bonds is 41. The molecule has 1 N–H and O–H groups in total. The Balaban J connectivity index is 4.35. The maximum atomic E-state index is 12.7. The van der Waals surface area contributed by atoms with Gasteiger partial charge in [0.1, 0.15) is 6.61 Å². The number of nitrogens with zero attached hydrogens (tertiary/aromatic N) is 1. The number of esters is 2. The molecule has 322 valence electrons. The van der Waals surface area contributed by atoms with Gasteiger partial charge in [0.05, 0.1) is 34.4 Å². The molecule has 0 saturated heterocycles. The van der Waals surface area contributed by atoms with Gasteiger partial charge in [-0.15, -0.1) is 0 Å². The van der Waals surface area contributed by atoms with Crippen molar-refractivity contribution in [1.82, 2.24) is 0 Å². The highest BCUT2D eigenvalue weighted by Crippen LogP contribution is 2.15. The van der Waals surface area contributed by atoms with Crippen LogP contribution < -0.4 is 0 Å². The van der Waals surface area contributed by atoms with E-state index in [2.05, 4.69) is 38.2 Å². The van der Waals surface area contributed by atoms with E-state index in [1.54, 1.807) is 0 Å². The fraction of sp³-hybridized carbons (Fsp3) is 0.851. The van der Waals surface area contributed by atoms with Crippen molar-refractivity contribution in [3.63, 3.8) is 0 Å². The maximum Gasteiger partial charge on any atom is 0.362 e. The molecule has 0 rings (SSSR count). The van der Waals surface area contributed by atoms with Crippen molar-refractivity contribution in [2.45, 2.75) is 219 Å². The van der Waals surface area contributed by atoms with Gasteiger partial charge in [-0.3, -0.25) is 9.59 Å². The number of carboxylic acid groups (broad SMARTS) is 1. The average Bonchev–Trinajstić information content (AvgIpc) is 3.14. The Morgan fingerprint density at radius 2 is 0.945 bits per heavy atom. The van der Waals surface area contributed by atoms with E-state index < -0.39 is 18.1 Å². The van der Waals surface area contributed by atoms with E-state index in [0.717, 1.165) is 51.4 Å². The minimum absolute atomic E-state index is 0.0567. The number of aliphatic carboxylic acids is 1. The first-order valence-corrected chi connectivity index (χ1v) is 22.9. The number of unbranched alkanes of at least 4 members (excludes halogenated alkanes) is 24. The molecular weight excluding hydrogens is 691 g/mol. The lowest BCUT2D eigenvalue weighted by atomic mass is 10.0. The van der Waals surface area contributed by atoms with E-state index in [1.165, 1.54) is 122 Å². The van der Waals surface area contributed by atoms with Crippen molar-refractivity contribution in [2.75, 3.05) is 41.0 Å². The summed E-state index contributed by atoms with van der Waals surface area (Å²) in [4.78, 5) is 37.0. The third-order valence-corrected chi connectivity index (χ3v) is 10.4. The SMILES string of the molecule is CCCCCCCCC/C=C/C=C/CCCCCC(=O)OCC(COCCC(C(=O)O)[N+](C)(C)C)OC(=O)CCCCCCCCCCCCCCCCC. The second-order valence-corrected chi connectivity index (χ2v) is 16.7. The van der Waals surface area contributed by atoms with Crippen LogP contribution >= 0.6 is 0 Å². The summed E-state index contributed by atoms with van der Waals surface area (Å²) < 4.78 is 17.3. The Kier molecular flexibility index (Phi) is 37.1. The number of hydrogen-bond donors (Lipinski definition) is 1. The molecule has 2 atom stereocenters. The molecule has 55 heavy (non-hydrogen) atoms. The van der Waals surface area contributed by atoms with E-state index in [-0.39, 0.29) is 36.2 Å². The van der Waals surface area contributed by atoms with Gasteiger partial charge in [0.15, 0.2) is 12.1 Å². The smallest absolute Gasteiger partial charge is 0.362 e. The summed E-state index contributed by atoms with van der Waals surface area (Å²) in [7, 11) is 5.52. The van der Waals surface area contributed by atoms with Gasteiger partial charge in [-0.2, -0.15) is 0 Å². The van der Waals surface area contributed by atoms with Crippen molar-refractivity contribution in [2.24, 2.45) is 0 Å². The lowest BCUT2D eigenvalue weighted by Gasteiger charge is -2.31. The van der Waals surface area contributed by atoms with Gasteiger partial charge in [-0.1, -0.05) is 173 Å². The molecule has 0 aromatic rings. The molecule has 0 aliphatic rings. The minimum atomic E-state index is -0.876. The van der Waals surface area contributed by atoms with Gasteiger partial charge >= 0.3 is 17.9 Å². The summed E-state index contributed by atoms with van der Waals surface area (Å²) in [6.07, 6.45) is 42.2. The van der Waals surface area contributed by atoms with Gasteiger partial charge in [0, 0.05) is 19.3 Å². The fourth-order valence-electron chi connectivity index (χ4n) is 6.79. The van der Waals surface area contributed by atoms with Crippen LogP contribution in [-0.4, -0.2) is 80.6 Å². The Morgan fingerprint density at radius 3 is 1.38 bits per heavy atom. The average molecular weight is 779 g/mol. The zero-order valence-electron chi connectivity index (χ0n) is 36.6. The summed E-state index contributed by atoms with van der Waals surface area (Å²) in [5, 5.41) is 9.62. The Hall–Kier alpha value is -2.19. The molecule has 0 aromatic carbocycles. The Bertz CT molecular complexity index is 957. The lowest BCUT2D eigenvalue weighted by molar-refractivity contribution is -0.887. The highest BCUT2D eigenvalue weighted by molar-refractivity contribution is 5.72. The van der Waals surface area contributed by atoms with Crippen LogP contribution in [0.2, 0.25) is 0 Å². The number of carbonyl (C=O) groups is 3. The van der Waals surface area contributed by atoms with Crippen LogP contribution in [0.1, 0.15) is 206 Å². The lowest BCUT2D eigenvalue weighted by Crippen LogP contribution is -2.50. The third kappa shape index (κ3) is 37.2. The van der Waals surface area contributed by atoms with Crippen LogP contribution in [0, 0.1) is 0 Å². The highest BCUT2D eigenvalue weighted by Gasteiger charge is 2.31. The van der Waals surface area contributed by atoms with Crippen LogP contribution in [0.5, 0.6) is 0 Å². The van der Waals surface area contributed by atoms with E-state index in [1.807, 2.05) is 21.1 Å². The maximum absolute atomic E-state index is 12.7. The molecule has 0 aliphatic heterocycles. The third-order valence-electron chi connectivity index (χ3n) is 10.4. The van der Waals surface area contributed by atoms with Crippen LogP contribution in [0.4, 0.5) is 0 Å². The normalized spacial score (nSPS) is 13.1. The number of quaternary nitrogens is 1. The Morgan fingerprint density at radius 1 is 0.545 bits per heavy atom. The molecule has 0 saturated carbocycles. The standard InChI is InChI=1S/C47H87NO7/c1-6-8-10-12-14-16-18-20-22-24-25-27-29-31-33-35-37-45(49)54-42-43(41-53-40-39-44(47(51)52)48(3,4)5)55-46(50)38-36-34-32-30-28-26-23-21-19-17-15-13-11-9-7-2/h22,24-25,27,43-44H,6-21,23,26,28-42H2,1-5H3/p+1/b24-22+,27-25+. The monoisotopic (exact) mass is 779 g/mol. The molecule has 0 fully saturated rings. The number of carbonyl (C=O) groups excluding carboxylic acids is 2. The zero-order chi connectivity index (χ0) is 40.7. The number of likely N-dealkylation sites (N-methyl/N-ethyl adjacent to an activating group) is 1. The Labute approximate surface area is 339 Å². The molecule has 0 aliphatic carbocycles. The molecule has 0 bridgehead atoms.